The molecule has 0 aliphatic heterocycles. The Morgan fingerprint density at radius 1 is 1.11 bits per heavy atom. The zero-order chi connectivity index (χ0) is 19.8. The number of aromatic nitrogens is 2. The summed E-state index contributed by atoms with van der Waals surface area (Å²) in [5.41, 5.74) is 0.283. The molecule has 0 radical (unpaired) electrons. The van der Waals surface area contributed by atoms with Gasteiger partial charge in [-0.05, 0) is 49.7 Å². The third kappa shape index (κ3) is 2.90. The van der Waals surface area contributed by atoms with Gasteiger partial charge in [-0.15, -0.1) is 11.3 Å². The Morgan fingerprint density at radius 2 is 1.82 bits per heavy atom. The maximum Gasteiger partial charge on any atom is 0.266 e. The van der Waals surface area contributed by atoms with Crippen molar-refractivity contribution in [3.8, 4) is 17.1 Å². The molecule has 2 aromatic heterocycles. The molecule has 0 saturated heterocycles. The monoisotopic (exact) mass is 392 g/mol. The molecule has 0 amide bonds. The van der Waals surface area contributed by atoms with Crippen molar-refractivity contribution < 1.29 is 4.74 Å². The van der Waals surface area contributed by atoms with Gasteiger partial charge in [-0.3, -0.25) is 14.2 Å². The van der Waals surface area contributed by atoms with Crippen molar-refractivity contribution in [2.75, 3.05) is 7.11 Å². The summed E-state index contributed by atoms with van der Waals surface area (Å²) in [6.45, 7) is 3.98. The zero-order valence-corrected chi connectivity index (χ0v) is 16.7. The van der Waals surface area contributed by atoms with Gasteiger partial charge in [0.1, 0.15) is 21.8 Å². The minimum absolute atomic E-state index is 0.0858. The minimum atomic E-state index is -0.280. The van der Waals surface area contributed by atoms with Gasteiger partial charge in [-0.25, -0.2) is 4.98 Å². The molecular weight excluding hydrogens is 372 g/mol. The lowest BCUT2D eigenvalue weighted by molar-refractivity contribution is 0.415. The summed E-state index contributed by atoms with van der Waals surface area (Å²) < 4.78 is 7.71. The second-order valence-electron chi connectivity index (χ2n) is 6.70. The van der Waals surface area contributed by atoms with E-state index in [-0.39, 0.29) is 22.4 Å². The van der Waals surface area contributed by atoms with Crippen LogP contribution in [-0.2, 0) is 0 Å². The number of hydrogen-bond acceptors (Lipinski definition) is 5. The van der Waals surface area contributed by atoms with Gasteiger partial charge in [0.05, 0.1) is 7.11 Å². The first kappa shape index (κ1) is 18.4. The molecule has 2 aromatic carbocycles. The second-order valence-corrected chi connectivity index (χ2v) is 7.73. The number of nitrogens with zero attached hydrogens (tertiary/aromatic N) is 2. The minimum Gasteiger partial charge on any atom is -0.497 e. The van der Waals surface area contributed by atoms with Crippen LogP contribution >= 0.6 is 11.3 Å². The van der Waals surface area contributed by atoms with E-state index in [2.05, 4.69) is 0 Å². The highest BCUT2D eigenvalue weighted by atomic mass is 32.1. The van der Waals surface area contributed by atoms with Crippen LogP contribution in [0.5, 0.6) is 5.75 Å². The van der Waals surface area contributed by atoms with Gasteiger partial charge in [0.25, 0.3) is 5.56 Å². The van der Waals surface area contributed by atoms with Crippen molar-refractivity contribution in [2.24, 2.45) is 0 Å². The molecule has 0 fully saturated rings. The van der Waals surface area contributed by atoms with Crippen LogP contribution in [0.2, 0.25) is 0 Å². The van der Waals surface area contributed by atoms with Crippen LogP contribution in [-0.4, -0.2) is 16.7 Å². The van der Waals surface area contributed by atoms with Gasteiger partial charge in [0.15, 0.2) is 0 Å². The Hall–Kier alpha value is -2.99. The molecule has 4 aromatic rings. The van der Waals surface area contributed by atoms with E-state index in [1.807, 2.05) is 56.3 Å². The Balaban J connectivity index is 2.12. The lowest BCUT2D eigenvalue weighted by Crippen LogP contribution is -2.29. The fourth-order valence-electron chi connectivity index (χ4n) is 3.30. The van der Waals surface area contributed by atoms with E-state index in [4.69, 9.17) is 9.72 Å². The van der Waals surface area contributed by atoms with Gasteiger partial charge in [0.2, 0.25) is 5.43 Å². The van der Waals surface area contributed by atoms with Crippen molar-refractivity contribution in [1.82, 2.24) is 9.55 Å². The summed E-state index contributed by atoms with van der Waals surface area (Å²) in [5.74, 6) is 1.30. The summed E-state index contributed by atoms with van der Waals surface area (Å²) in [6, 6.07) is 14.7. The lowest BCUT2D eigenvalue weighted by atomic mass is 10.1. The predicted molar refractivity (Wildman–Crippen MR) is 115 cm³/mol. The second kappa shape index (κ2) is 7.20. The third-order valence-corrected chi connectivity index (χ3v) is 6.09. The van der Waals surface area contributed by atoms with Gasteiger partial charge in [0, 0.05) is 21.7 Å². The average molecular weight is 392 g/mol. The average Bonchev–Trinajstić information content (AvgIpc) is 2.73. The molecule has 2 heterocycles. The first-order valence-electron chi connectivity index (χ1n) is 9.17. The zero-order valence-electron chi connectivity index (χ0n) is 15.9. The quantitative estimate of drug-likeness (QED) is 0.476. The first-order chi connectivity index (χ1) is 13.5. The highest BCUT2D eigenvalue weighted by molar-refractivity contribution is 7.24. The molecule has 142 valence electrons. The summed E-state index contributed by atoms with van der Waals surface area (Å²) in [6.07, 6.45) is 0.751. The molecule has 1 atom stereocenters. The molecule has 0 aliphatic carbocycles. The van der Waals surface area contributed by atoms with Crippen molar-refractivity contribution >= 4 is 31.6 Å². The van der Waals surface area contributed by atoms with E-state index >= 15 is 0 Å². The van der Waals surface area contributed by atoms with E-state index in [9.17, 15) is 9.59 Å². The molecule has 0 spiro atoms. The molecule has 28 heavy (non-hydrogen) atoms. The van der Waals surface area contributed by atoms with Crippen LogP contribution in [0.25, 0.3) is 31.7 Å². The molecule has 0 aliphatic rings. The molecule has 0 N–H and O–H groups in total. The predicted octanol–water partition coefficient (Wildman–Crippen LogP) is 4.62. The van der Waals surface area contributed by atoms with Gasteiger partial charge < -0.3 is 4.74 Å². The van der Waals surface area contributed by atoms with Crippen LogP contribution in [0.4, 0.5) is 0 Å². The Bertz CT molecular complexity index is 1290. The fraction of sp³-hybridized carbons (Fsp3) is 0.227. The maximum absolute atomic E-state index is 13.4. The third-order valence-electron chi connectivity index (χ3n) is 5.03. The lowest BCUT2D eigenvalue weighted by Gasteiger charge is -2.18. The number of benzene rings is 2. The van der Waals surface area contributed by atoms with E-state index in [0.29, 0.717) is 16.0 Å². The van der Waals surface area contributed by atoms with Crippen molar-refractivity contribution in [1.29, 1.82) is 0 Å². The molecule has 0 saturated carbocycles. The van der Waals surface area contributed by atoms with Crippen LogP contribution in [0, 0.1) is 0 Å². The topological polar surface area (TPSA) is 61.2 Å². The SMILES string of the molecule is CC[C@H](C)n1c(-c2ccc(OC)cc2)nc2sc3ccccc3c(=O)c2c1=O. The van der Waals surface area contributed by atoms with Crippen molar-refractivity contribution in [3.63, 3.8) is 0 Å². The summed E-state index contributed by atoms with van der Waals surface area (Å²) in [7, 11) is 1.61. The van der Waals surface area contributed by atoms with E-state index in [0.717, 1.165) is 22.4 Å². The summed E-state index contributed by atoms with van der Waals surface area (Å²) >= 11 is 1.37. The van der Waals surface area contributed by atoms with Gasteiger partial charge >= 0.3 is 0 Å². The Labute approximate surface area is 165 Å². The molecular formula is C22H20N2O3S. The Kier molecular flexibility index (Phi) is 4.73. The van der Waals surface area contributed by atoms with E-state index in [1.54, 1.807) is 17.7 Å². The molecule has 4 rings (SSSR count). The highest BCUT2D eigenvalue weighted by Crippen LogP contribution is 2.27. The van der Waals surface area contributed by atoms with Gasteiger partial charge in [-0.1, -0.05) is 19.1 Å². The smallest absolute Gasteiger partial charge is 0.266 e. The van der Waals surface area contributed by atoms with Crippen molar-refractivity contribution in [3.05, 3.63) is 69.1 Å². The molecule has 6 heteroatoms. The number of hydrogen-bond donors (Lipinski definition) is 0. The number of ether oxygens (including phenoxy) is 1. The van der Waals surface area contributed by atoms with Crippen molar-refractivity contribution in [2.45, 2.75) is 26.3 Å². The fourth-order valence-corrected chi connectivity index (χ4v) is 4.34. The van der Waals surface area contributed by atoms with Crippen LogP contribution in [0.15, 0.2) is 58.1 Å². The number of fused-ring (bicyclic) bond motifs is 2. The summed E-state index contributed by atoms with van der Waals surface area (Å²) in [4.78, 5) is 31.7. The highest BCUT2D eigenvalue weighted by Gasteiger charge is 2.20. The molecule has 5 nitrogen and oxygen atoms in total. The number of rotatable bonds is 4. The first-order valence-corrected chi connectivity index (χ1v) is 9.99. The Morgan fingerprint density at radius 3 is 2.50 bits per heavy atom. The van der Waals surface area contributed by atoms with Crippen LogP contribution in [0.3, 0.4) is 0 Å². The van der Waals surface area contributed by atoms with Gasteiger partial charge in [-0.2, -0.15) is 0 Å². The standard InChI is InChI=1S/C22H20N2O3S/c1-4-13(2)24-20(14-9-11-15(27-3)12-10-14)23-21-18(22(24)26)19(25)16-7-5-6-8-17(16)28-21/h5-13H,4H2,1-3H3/t13-/m0/s1. The largest absolute Gasteiger partial charge is 0.497 e. The van der Waals surface area contributed by atoms with E-state index < -0.39 is 0 Å². The molecule has 0 unspecified atom stereocenters. The number of methoxy groups -OCH3 is 1. The van der Waals surface area contributed by atoms with Crippen LogP contribution in [0.1, 0.15) is 26.3 Å². The van der Waals surface area contributed by atoms with E-state index in [1.165, 1.54) is 11.3 Å². The molecule has 0 bridgehead atoms. The normalized spacial score (nSPS) is 12.4. The van der Waals surface area contributed by atoms with Crippen LogP contribution < -0.4 is 15.7 Å². The summed E-state index contributed by atoms with van der Waals surface area (Å²) in [5, 5.41) is 0.730. The maximum atomic E-state index is 13.4.